The highest BCUT2D eigenvalue weighted by molar-refractivity contribution is 6.15. The molecule has 0 saturated carbocycles. The van der Waals surface area contributed by atoms with Crippen LogP contribution in [0.25, 0.3) is 32.6 Å². The molecule has 0 spiro atoms. The van der Waals surface area contributed by atoms with Crippen LogP contribution in [0.4, 0.5) is 5.69 Å². The molecule has 0 radical (unpaired) electrons. The molecule has 0 aliphatic heterocycles. The van der Waals surface area contributed by atoms with Gasteiger partial charge in [0.15, 0.2) is 0 Å². The molecular weight excluding hydrogens is 393 g/mol. The third kappa shape index (κ3) is 4.47. The molecule has 0 unspecified atom stereocenters. The number of aliphatic hydroxyl groups is 1. The minimum Gasteiger partial charge on any atom is -0.395 e. The van der Waals surface area contributed by atoms with Gasteiger partial charge in [-0.2, -0.15) is 0 Å². The minimum atomic E-state index is 0. The van der Waals surface area contributed by atoms with Gasteiger partial charge in [-0.05, 0) is 24.4 Å². The van der Waals surface area contributed by atoms with Crippen molar-refractivity contribution < 1.29 is 5.11 Å². The van der Waals surface area contributed by atoms with Crippen molar-refractivity contribution in [3.8, 4) is 0 Å². The molecule has 4 nitrogen and oxygen atoms in total. The largest absolute Gasteiger partial charge is 0.395 e. The van der Waals surface area contributed by atoms with Crippen LogP contribution >= 0.6 is 24.8 Å². The van der Waals surface area contributed by atoms with Crippen LogP contribution < -0.4 is 10.6 Å². The predicted molar refractivity (Wildman–Crippen MR) is 124 cm³/mol. The molecule has 0 atom stereocenters. The molecule has 0 bridgehead atoms. The summed E-state index contributed by atoms with van der Waals surface area (Å²) >= 11 is 0. The zero-order valence-corrected chi connectivity index (χ0v) is 17.2. The lowest BCUT2D eigenvalue weighted by Gasteiger charge is -2.14. The molecule has 0 amide bonds. The minimum absolute atomic E-state index is 0. The van der Waals surface area contributed by atoms with Crippen molar-refractivity contribution in [1.29, 1.82) is 0 Å². The van der Waals surface area contributed by atoms with Crippen molar-refractivity contribution in [2.24, 2.45) is 0 Å². The summed E-state index contributed by atoms with van der Waals surface area (Å²) in [6.07, 6.45) is 0.992. The molecule has 6 heteroatoms. The molecule has 148 valence electrons. The number of halogens is 2. The number of aliphatic hydroxyl groups excluding tert-OH is 1. The van der Waals surface area contributed by atoms with E-state index >= 15 is 0 Å². The van der Waals surface area contributed by atoms with Gasteiger partial charge in [-0.3, -0.25) is 0 Å². The lowest BCUT2D eigenvalue weighted by molar-refractivity contribution is 0.292. The van der Waals surface area contributed by atoms with E-state index in [0.717, 1.165) is 47.0 Å². The molecule has 3 N–H and O–H groups in total. The molecule has 4 aromatic rings. The maximum Gasteiger partial charge on any atom is 0.0808 e. The summed E-state index contributed by atoms with van der Waals surface area (Å²) in [6.45, 7) is 2.58. The van der Waals surface area contributed by atoms with Gasteiger partial charge in [-0.25, -0.2) is 4.98 Å². The first kappa shape index (κ1) is 22.2. The fourth-order valence-electron chi connectivity index (χ4n) is 3.45. The lowest BCUT2D eigenvalue weighted by atomic mass is 10.0. The topological polar surface area (TPSA) is 57.2 Å². The molecule has 0 fully saturated rings. The third-order valence-corrected chi connectivity index (χ3v) is 4.70. The highest BCUT2D eigenvalue weighted by Gasteiger charge is 2.10. The van der Waals surface area contributed by atoms with E-state index in [4.69, 9.17) is 10.1 Å². The lowest BCUT2D eigenvalue weighted by Crippen LogP contribution is -2.21. The van der Waals surface area contributed by atoms with Crippen LogP contribution in [0.5, 0.6) is 0 Å². The Morgan fingerprint density at radius 2 is 1.50 bits per heavy atom. The molecule has 0 aliphatic carbocycles. The highest BCUT2D eigenvalue weighted by atomic mass is 35.5. The van der Waals surface area contributed by atoms with E-state index in [1.807, 2.05) is 6.07 Å². The first-order chi connectivity index (χ1) is 12.9. The van der Waals surface area contributed by atoms with Crippen LogP contribution in [-0.4, -0.2) is 36.3 Å². The van der Waals surface area contributed by atoms with Crippen molar-refractivity contribution >= 4 is 63.1 Å². The number of nitrogens with one attached hydrogen (secondary N) is 2. The maximum atomic E-state index is 8.84. The molecule has 3 aromatic carbocycles. The monoisotopic (exact) mass is 417 g/mol. The van der Waals surface area contributed by atoms with Gasteiger partial charge in [0.2, 0.25) is 0 Å². The number of fused-ring (bicyclic) bond motifs is 4. The zero-order valence-electron chi connectivity index (χ0n) is 15.5. The molecule has 28 heavy (non-hydrogen) atoms. The Bertz CT molecular complexity index is 1060. The van der Waals surface area contributed by atoms with E-state index < -0.39 is 0 Å². The average molecular weight is 418 g/mol. The Morgan fingerprint density at radius 1 is 0.750 bits per heavy atom. The van der Waals surface area contributed by atoms with Crippen LogP contribution in [0, 0.1) is 0 Å². The van der Waals surface area contributed by atoms with Gasteiger partial charge < -0.3 is 15.7 Å². The van der Waals surface area contributed by atoms with Crippen molar-refractivity contribution in [2.75, 3.05) is 31.6 Å². The van der Waals surface area contributed by atoms with E-state index in [1.165, 1.54) is 10.8 Å². The number of nitrogens with zero attached hydrogens (tertiary/aromatic N) is 1. The maximum absolute atomic E-state index is 8.84. The fourth-order valence-corrected chi connectivity index (χ4v) is 3.45. The van der Waals surface area contributed by atoms with E-state index in [1.54, 1.807) is 0 Å². The molecule has 1 heterocycles. The van der Waals surface area contributed by atoms with Crippen LogP contribution in [0.15, 0.2) is 60.7 Å². The fraction of sp³-hybridized carbons (Fsp3) is 0.227. The number of rotatable bonds is 7. The molecule has 0 saturated heterocycles. The van der Waals surface area contributed by atoms with Gasteiger partial charge in [-0.1, -0.05) is 54.6 Å². The molecule has 0 aliphatic rings. The smallest absolute Gasteiger partial charge is 0.0808 e. The second-order valence-corrected chi connectivity index (χ2v) is 6.44. The van der Waals surface area contributed by atoms with E-state index in [0.29, 0.717) is 6.54 Å². The first-order valence-electron chi connectivity index (χ1n) is 9.14. The number of pyridine rings is 1. The summed E-state index contributed by atoms with van der Waals surface area (Å²) in [6, 6.07) is 21.0. The number of aromatic nitrogens is 1. The average Bonchev–Trinajstić information content (AvgIpc) is 2.69. The molecule has 4 rings (SSSR count). The Balaban J connectivity index is 0.00000140. The summed E-state index contributed by atoms with van der Waals surface area (Å²) in [5.74, 6) is 0. The summed E-state index contributed by atoms with van der Waals surface area (Å²) < 4.78 is 0. The van der Waals surface area contributed by atoms with Crippen molar-refractivity contribution in [3.05, 3.63) is 60.7 Å². The first-order valence-corrected chi connectivity index (χ1v) is 9.14. The standard InChI is InChI=1S/C22H23N3O.2ClH/c26-15-14-23-12-5-13-24-21-18-8-3-4-9-20(18)25-22-17-7-2-1-6-16(17)10-11-19(21)22;;/h1-4,6-11,23,26H,5,12-15H2,(H,24,25);2*1H. The number of hydrogen-bond donors (Lipinski definition) is 3. The molecular formula is C22H25Cl2N3O. The SMILES string of the molecule is Cl.Cl.OCCNCCCNc1c2ccccc2nc2c1ccc1ccccc12. The summed E-state index contributed by atoms with van der Waals surface area (Å²) in [7, 11) is 0. The van der Waals surface area contributed by atoms with Crippen LogP contribution in [0.3, 0.4) is 0 Å². The van der Waals surface area contributed by atoms with Crippen LogP contribution in [-0.2, 0) is 0 Å². The Hall–Kier alpha value is -2.11. The number of para-hydroxylation sites is 1. The highest BCUT2D eigenvalue weighted by Crippen LogP contribution is 2.34. The second kappa shape index (κ2) is 10.4. The second-order valence-electron chi connectivity index (χ2n) is 6.44. The summed E-state index contributed by atoms with van der Waals surface area (Å²) in [4.78, 5) is 4.96. The number of anilines is 1. The van der Waals surface area contributed by atoms with Gasteiger partial charge in [0.1, 0.15) is 0 Å². The van der Waals surface area contributed by atoms with Gasteiger partial charge in [0, 0.05) is 29.2 Å². The van der Waals surface area contributed by atoms with Crippen LogP contribution in [0.2, 0.25) is 0 Å². The van der Waals surface area contributed by atoms with Crippen molar-refractivity contribution in [1.82, 2.24) is 10.3 Å². The Morgan fingerprint density at radius 3 is 2.32 bits per heavy atom. The Kier molecular flexibility index (Phi) is 8.27. The van der Waals surface area contributed by atoms with E-state index in [-0.39, 0.29) is 31.4 Å². The van der Waals surface area contributed by atoms with E-state index in [2.05, 4.69) is 65.2 Å². The predicted octanol–water partition coefficient (Wildman–Crippen LogP) is 4.77. The van der Waals surface area contributed by atoms with Crippen molar-refractivity contribution in [3.63, 3.8) is 0 Å². The van der Waals surface area contributed by atoms with Gasteiger partial charge in [-0.15, -0.1) is 24.8 Å². The number of benzene rings is 3. The summed E-state index contributed by atoms with van der Waals surface area (Å²) in [5.41, 5.74) is 3.21. The quantitative estimate of drug-likeness (QED) is 0.230. The van der Waals surface area contributed by atoms with Gasteiger partial charge in [0.25, 0.3) is 0 Å². The zero-order chi connectivity index (χ0) is 17.8. The van der Waals surface area contributed by atoms with Gasteiger partial charge >= 0.3 is 0 Å². The Labute approximate surface area is 177 Å². The normalized spacial score (nSPS) is 10.6. The summed E-state index contributed by atoms with van der Waals surface area (Å²) in [5, 5.41) is 20.4. The third-order valence-electron chi connectivity index (χ3n) is 4.70. The van der Waals surface area contributed by atoms with Crippen LogP contribution in [0.1, 0.15) is 6.42 Å². The molecule has 1 aromatic heterocycles. The van der Waals surface area contributed by atoms with Gasteiger partial charge in [0.05, 0.1) is 23.3 Å². The van der Waals surface area contributed by atoms with Crippen molar-refractivity contribution in [2.45, 2.75) is 6.42 Å². The van der Waals surface area contributed by atoms with E-state index in [9.17, 15) is 0 Å². The number of hydrogen-bond acceptors (Lipinski definition) is 4.